The number of fused-ring (bicyclic) bond motifs is 1. The van der Waals surface area contributed by atoms with Crippen LogP contribution in [0.4, 0.5) is 0 Å². The monoisotopic (exact) mass is 347 g/mol. The zero-order chi connectivity index (χ0) is 14.8. The van der Waals surface area contributed by atoms with Gasteiger partial charge in [-0.1, -0.05) is 22.9 Å². The molecule has 3 rings (SSSR count). The molecule has 0 saturated heterocycles. The molecule has 0 amide bonds. The van der Waals surface area contributed by atoms with Gasteiger partial charge in [-0.05, 0) is 24.6 Å². The van der Waals surface area contributed by atoms with E-state index in [4.69, 9.17) is 10.7 Å². The molecule has 0 aliphatic carbocycles. The van der Waals surface area contributed by atoms with Gasteiger partial charge < -0.3 is 14.9 Å². The number of hydrogen-bond donors (Lipinski definition) is 1. The van der Waals surface area contributed by atoms with Gasteiger partial charge in [0, 0.05) is 30.3 Å². The summed E-state index contributed by atoms with van der Waals surface area (Å²) in [7, 11) is 0. The Bertz CT molecular complexity index is 759. The molecule has 2 aromatic heterocycles. The van der Waals surface area contributed by atoms with Crippen molar-refractivity contribution in [2.24, 2.45) is 5.73 Å². The fraction of sp³-hybridized carbons (Fsp3) is 0.333. The Labute approximate surface area is 131 Å². The lowest BCUT2D eigenvalue weighted by molar-refractivity contribution is 0.700. The quantitative estimate of drug-likeness (QED) is 0.771. The average molecular weight is 348 g/mol. The maximum Gasteiger partial charge on any atom is 0.161 e. The second-order valence-electron chi connectivity index (χ2n) is 5.01. The number of nitrogens with two attached hydrogens (primary N) is 1. The number of aromatic nitrogens is 4. The molecular weight excluding hydrogens is 330 g/mol. The third-order valence-corrected chi connectivity index (χ3v) is 3.90. The highest BCUT2D eigenvalue weighted by Crippen LogP contribution is 2.26. The summed E-state index contributed by atoms with van der Waals surface area (Å²) in [4.78, 5) is 9.24. The highest BCUT2D eigenvalue weighted by Gasteiger charge is 2.14. The van der Waals surface area contributed by atoms with Crippen LogP contribution >= 0.6 is 15.9 Å². The molecule has 2 heterocycles. The van der Waals surface area contributed by atoms with Gasteiger partial charge in [-0.25, -0.2) is 9.97 Å². The number of rotatable bonds is 5. The van der Waals surface area contributed by atoms with Crippen molar-refractivity contribution in [3.8, 4) is 11.5 Å². The molecule has 2 N–H and O–H groups in total. The molecule has 0 aliphatic rings. The van der Waals surface area contributed by atoms with Crippen LogP contribution in [0.5, 0.6) is 0 Å². The van der Waals surface area contributed by atoms with Crippen molar-refractivity contribution < 1.29 is 0 Å². The lowest BCUT2D eigenvalue weighted by Crippen LogP contribution is -2.07. The van der Waals surface area contributed by atoms with Crippen LogP contribution in [0.2, 0.25) is 0 Å². The predicted octanol–water partition coefficient (Wildman–Crippen LogP) is 3.03. The van der Waals surface area contributed by atoms with Gasteiger partial charge in [-0.15, -0.1) is 0 Å². The topological polar surface area (TPSA) is 61.7 Å². The summed E-state index contributed by atoms with van der Waals surface area (Å²) in [5.74, 6) is 0.917. The highest BCUT2D eigenvalue weighted by molar-refractivity contribution is 9.10. The van der Waals surface area contributed by atoms with Crippen LogP contribution in [0.25, 0.3) is 22.6 Å². The summed E-state index contributed by atoms with van der Waals surface area (Å²) in [6, 6.07) is 6.19. The minimum absolute atomic E-state index is 0.605. The minimum Gasteiger partial charge on any atom is -0.335 e. The summed E-state index contributed by atoms with van der Waals surface area (Å²) < 4.78 is 5.27. The van der Waals surface area contributed by atoms with Gasteiger partial charge in [0.15, 0.2) is 5.82 Å². The molecule has 5 nitrogen and oxygen atoms in total. The largest absolute Gasteiger partial charge is 0.335 e. The van der Waals surface area contributed by atoms with Gasteiger partial charge in [0.05, 0.1) is 17.4 Å². The Morgan fingerprint density at radius 2 is 2.14 bits per heavy atom. The van der Waals surface area contributed by atoms with Crippen molar-refractivity contribution in [3.05, 3.63) is 35.2 Å². The van der Waals surface area contributed by atoms with E-state index in [-0.39, 0.29) is 0 Å². The second-order valence-corrected chi connectivity index (χ2v) is 5.92. The van der Waals surface area contributed by atoms with E-state index in [1.165, 1.54) is 0 Å². The first-order chi connectivity index (χ1) is 10.2. The van der Waals surface area contributed by atoms with E-state index < -0.39 is 0 Å². The Balaban J connectivity index is 2.12. The zero-order valence-corrected chi connectivity index (χ0v) is 13.5. The number of nitrogens with zero attached hydrogens (tertiary/aromatic N) is 4. The Morgan fingerprint density at radius 1 is 1.29 bits per heavy atom. The molecule has 0 spiro atoms. The molecule has 21 heavy (non-hydrogen) atoms. The van der Waals surface area contributed by atoms with Crippen LogP contribution in [-0.2, 0) is 13.1 Å². The van der Waals surface area contributed by atoms with E-state index in [2.05, 4.69) is 38.5 Å². The second kappa shape index (κ2) is 5.99. The van der Waals surface area contributed by atoms with Gasteiger partial charge in [0.25, 0.3) is 0 Å². The number of halogens is 1. The van der Waals surface area contributed by atoms with Crippen molar-refractivity contribution >= 4 is 27.0 Å². The first-order valence-corrected chi connectivity index (χ1v) is 7.90. The normalized spacial score (nSPS) is 11.4. The molecule has 0 fully saturated rings. The van der Waals surface area contributed by atoms with E-state index in [0.717, 1.165) is 46.5 Å². The fourth-order valence-electron chi connectivity index (χ4n) is 2.50. The Hall–Kier alpha value is -1.66. The van der Waals surface area contributed by atoms with E-state index in [1.807, 2.05) is 29.2 Å². The predicted molar refractivity (Wildman–Crippen MR) is 88.0 cm³/mol. The number of imidazole rings is 2. The Kier molecular flexibility index (Phi) is 4.07. The van der Waals surface area contributed by atoms with E-state index >= 15 is 0 Å². The molecule has 3 aromatic rings. The molecule has 110 valence electrons. The summed E-state index contributed by atoms with van der Waals surface area (Å²) in [5.41, 5.74) is 8.61. The van der Waals surface area contributed by atoms with Gasteiger partial charge in [0.2, 0.25) is 0 Å². The van der Waals surface area contributed by atoms with E-state index in [9.17, 15) is 0 Å². The van der Waals surface area contributed by atoms with Crippen molar-refractivity contribution in [1.29, 1.82) is 0 Å². The molecule has 1 aromatic carbocycles. The highest BCUT2D eigenvalue weighted by atomic mass is 79.9. The third kappa shape index (κ3) is 2.73. The molecule has 0 bridgehead atoms. The first kappa shape index (κ1) is 14.3. The molecule has 6 heteroatoms. The van der Waals surface area contributed by atoms with Crippen LogP contribution in [-0.4, -0.2) is 25.6 Å². The fourth-order valence-corrected chi connectivity index (χ4v) is 2.84. The van der Waals surface area contributed by atoms with E-state index in [1.54, 1.807) is 0 Å². The lowest BCUT2D eigenvalue weighted by Gasteiger charge is -2.05. The molecule has 0 radical (unpaired) electrons. The number of benzene rings is 1. The van der Waals surface area contributed by atoms with Crippen molar-refractivity contribution in [2.75, 3.05) is 6.54 Å². The van der Waals surface area contributed by atoms with Crippen LogP contribution in [0.3, 0.4) is 0 Å². The molecule has 0 saturated carbocycles. The summed E-state index contributed by atoms with van der Waals surface area (Å²) >= 11 is 3.50. The van der Waals surface area contributed by atoms with Gasteiger partial charge in [-0.3, -0.25) is 0 Å². The Morgan fingerprint density at radius 3 is 2.90 bits per heavy atom. The minimum atomic E-state index is 0.605. The number of aryl methyl sites for hydroxylation is 1. The summed E-state index contributed by atoms with van der Waals surface area (Å²) in [6.45, 7) is 4.47. The summed E-state index contributed by atoms with van der Waals surface area (Å²) in [6.07, 6.45) is 4.88. The smallest absolute Gasteiger partial charge is 0.161 e. The van der Waals surface area contributed by atoms with Crippen LogP contribution < -0.4 is 5.73 Å². The first-order valence-electron chi connectivity index (χ1n) is 7.11. The van der Waals surface area contributed by atoms with Crippen molar-refractivity contribution in [2.45, 2.75) is 26.4 Å². The number of hydrogen-bond acceptors (Lipinski definition) is 3. The van der Waals surface area contributed by atoms with Gasteiger partial charge >= 0.3 is 0 Å². The van der Waals surface area contributed by atoms with E-state index in [0.29, 0.717) is 6.54 Å². The van der Waals surface area contributed by atoms with Gasteiger partial charge in [-0.2, -0.15) is 0 Å². The van der Waals surface area contributed by atoms with Crippen LogP contribution in [0, 0.1) is 0 Å². The van der Waals surface area contributed by atoms with Gasteiger partial charge in [0.1, 0.15) is 5.69 Å². The van der Waals surface area contributed by atoms with Crippen LogP contribution in [0.1, 0.15) is 13.3 Å². The molecular formula is C15H18BrN5. The average Bonchev–Trinajstić information content (AvgIpc) is 3.04. The lowest BCUT2D eigenvalue weighted by atomic mass is 10.3. The SMILES string of the molecule is CCCn1c(-c2cn(CCN)cn2)nc2cc(Br)ccc21. The zero-order valence-electron chi connectivity index (χ0n) is 12.0. The molecule has 0 aliphatic heterocycles. The third-order valence-electron chi connectivity index (χ3n) is 3.41. The van der Waals surface area contributed by atoms with Crippen molar-refractivity contribution in [3.63, 3.8) is 0 Å². The standard InChI is InChI=1S/C15H18BrN5/c1-2-6-21-14-4-3-11(16)8-12(14)19-15(21)13-9-20(7-5-17)10-18-13/h3-4,8-10H,2,5-7,17H2,1H3. The molecule has 0 atom stereocenters. The summed E-state index contributed by atoms with van der Waals surface area (Å²) in [5, 5.41) is 0. The maximum atomic E-state index is 5.59. The maximum absolute atomic E-state index is 5.59. The van der Waals surface area contributed by atoms with Crippen molar-refractivity contribution in [1.82, 2.24) is 19.1 Å². The molecule has 0 unspecified atom stereocenters. The van der Waals surface area contributed by atoms with Crippen LogP contribution in [0.15, 0.2) is 35.2 Å².